The molecule has 1 aromatic rings. The molecule has 2 rings (SSSR count). The van der Waals surface area contributed by atoms with Gasteiger partial charge in [0.05, 0.1) is 11.9 Å². The van der Waals surface area contributed by atoms with Crippen LogP contribution in [-0.2, 0) is 0 Å². The normalized spacial score (nSPS) is 19.7. The van der Waals surface area contributed by atoms with E-state index in [0.29, 0.717) is 11.7 Å². The summed E-state index contributed by atoms with van der Waals surface area (Å²) in [6, 6.07) is 4.06. The molecule has 4 nitrogen and oxygen atoms in total. The van der Waals surface area contributed by atoms with Crippen LogP contribution >= 0.6 is 0 Å². The smallest absolute Gasteiger partial charge is 0.272 e. The first-order chi connectivity index (χ1) is 8.72. The Morgan fingerprint density at radius 2 is 2.33 bits per heavy atom. The lowest BCUT2D eigenvalue weighted by Crippen LogP contribution is -2.42. The van der Waals surface area contributed by atoms with Gasteiger partial charge in [-0.05, 0) is 45.2 Å². The van der Waals surface area contributed by atoms with Crippen molar-refractivity contribution in [1.29, 1.82) is 0 Å². The van der Waals surface area contributed by atoms with E-state index in [0.717, 1.165) is 31.6 Å². The maximum Gasteiger partial charge on any atom is 0.272 e. The van der Waals surface area contributed by atoms with E-state index < -0.39 is 0 Å². The fourth-order valence-corrected chi connectivity index (χ4v) is 2.38. The molecule has 0 bridgehead atoms. The summed E-state index contributed by atoms with van der Waals surface area (Å²) < 4.78 is 0. The number of nitrogens with one attached hydrogen (secondary N) is 1. The summed E-state index contributed by atoms with van der Waals surface area (Å²) in [6.45, 7) is 5.87. The van der Waals surface area contributed by atoms with Gasteiger partial charge in [-0.2, -0.15) is 0 Å². The number of anilines is 1. The van der Waals surface area contributed by atoms with Crippen LogP contribution in [0.3, 0.4) is 0 Å². The molecule has 0 aliphatic carbocycles. The highest BCUT2D eigenvalue weighted by molar-refractivity contribution is 5.92. The summed E-state index contributed by atoms with van der Waals surface area (Å²) in [7, 11) is 0. The largest absolute Gasteiger partial charge is 0.384 e. The summed E-state index contributed by atoms with van der Waals surface area (Å²) in [6.07, 6.45) is 5.15. The fraction of sp³-hybridized carbons (Fsp3) is 0.571. The molecule has 98 valence electrons. The number of nitrogens with zero attached hydrogens (tertiary/aromatic N) is 2. The van der Waals surface area contributed by atoms with Crippen LogP contribution in [0.4, 0.5) is 5.69 Å². The van der Waals surface area contributed by atoms with Gasteiger partial charge < -0.3 is 10.2 Å². The van der Waals surface area contributed by atoms with Gasteiger partial charge in [0.15, 0.2) is 0 Å². The van der Waals surface area contributed by atoms with E-state index in [9.17, 15) is 4.79 Å². The van der Waals surface area contributed by atoms with Gasteiger partial charge in [0.25, 0.3) is 5.91 Å². The van der Waals surface area contributed by atoms with Crippen LogP contribution in [0.25, 0.3) is 0 Å². The monoisotopic (exact) mass is 247 g/mol. The van der Waals surface area contributed by atoms with E-state index in [2.05, 4.69) is 17.2 Å². The number of hydrogen-bond donors (Lipinski definition) is 1. The van der Waals surface area contributed by atoms with Crippen molar-refractivity contribution in [2.45, 2.75) is 39.2 Å². The van der Waals surface area contributed by atoms with Crippen LogP contribution in [0.1, 0.15) is 43.6 Å². The van der Waals surface area contributed by atoms with Gasteiger partial charge in [0, 0.05) is 19.1 Å². The van der Waals surface area contributed by atoms with Crippen molar-refractivity contribution in [3.63, 3.8) is 0 Å². The Hall–Kier alpha value is -1.58. The summed E-state index contributed by atoms with van der Waals surface area (Å²) in [5, 5.41) is 3.17. The van der Waals surface area contributed by atoms with E-state index in [-0.39, 0.29) is 5.91 Å². The van der Waals surface area contributed by atoms with Crippen LogP contribution in [-0.4, -0.2) is 34.9 Å². The molecule has 0 aromatic carbocycles. The number of hydrogen-bond acceptors (Lipinski definition) is 3. The van der Waals surface area contributed by atoms with Crippen molar-refractivity contribution in [2.24, 2.45) is 0 Å². The Labute approximate surface area is 108 Å². The van der Waals surface area contributed by atoms with E-state index >= 15 is 0 Å². The maximum atomic E-state index is 12.3. The molecule has 0 saturated carbocycles. The minimum absolute atomic E-state index is 0.0604. The molecular formula is C14H21N3O. The number of likely N-dealkylation sites (tertiary alicyclic amines) is 1. The van der Waals surface area contributed by atoms with Crippen LogP contribution < -0.4 is 5.32 Å². The van der Waals surface area contributed by atoms with Gasteiger partial charge in [-0.15, -0.1) is 0 Å². The summed E-state index contributed by atoms with van der Waals surface area (Å²) in [4.78, 5) is 18.5. The van der Waals surface area contributed by atoms with Crippen molar-refractivity contribution in [2.75, 3.05) is 18.4 Å². The molecule has 1 fully saturated rings. The number of carbonyl (C=O) groups excluding carboxylic acids is 1. The Morgan fingerprint density at radius 3 is 2.94 bits per heavy atom. The molecule has 1 aromatic heterocycles. The van der Waals surface area contributed by atoms with Crippen LogP contribution in [0, 0.1) is 0 Å². The molecule has 0 spiro atoms. The predicted octanol–water partition coefficient (Wildman–Crippen LogP) is 2.53. The van der Waals surface area contributed by atoms with Crippen molar-refractivity contribution >= 4 is 11.6 Å². The van der Waals surface area contributed by atoms with Gasteiger partial charge in [-0.25, -0.2) is 4.98 Å². The highest BCUT2D eigenvalue weighted by Crippen LogP contribution is 2.19. The molecule has 1 saturated heterocycles. The lowest BCUT2D eigenvalue weighted by molar-refractivity contribution is 0.0629. The summed E-state index contributed by atoms with van der Waals surface area (Å²) in [5.74, 6) is 0.0604. The third-order valence-corrected chi connectivity index (χ3v) is 3.43. The second-order valence-corrected chi connectivity index (χ2v) is 4.81. The Bertz CT molecular complexity index is 402. The molecule has 1 unspecified atom stereocenters. The van der Waals surface area contributed by atoms with Crippen LogP contribution in [0.5, 0.6) is 0 Å². The molecule has 1 atom stereocenters. The predicted molar refractivity (Wildman–Crippen MR) is 72.8 cm³/mol. The van der Waals surface area contributed by atoms with Gasteiger partial charge in [0.2, 0.25) is 0 Å². The van der Waals surface area contributed by atoms with E-state index in [4.69, 9.17) is 0 Å². The number of rotatable bonds is 3. The number of piperidine rings is 1. The molecule has 1 N–H and O–H groups in total. The molecule has 1 aliphatic rings. The van der Waals surface area contributed by atoms with E-state index in [1.165, 1.54) is 6.42 Å². The topological polar surface area (TPSA) is 45.2 Å². The zero-order chi connectivity index (χ0) is 13.0. The van der Waals surface area contributed by atoms with Crippen molar-refractivity contribution in [3.8, 4) is 0 Å². The van der Waals surface area contributed by atoms with Crippen LogP contribution in [0.15, 0.2) is 18.3 Å². The van der Waals surface area contributed by atoms with Crippen LogP contribution in [0.2, 0.25) is 0 Å². The average Bonchev–Trinajstić information content (AvgIpc) is 2.40. The minimum atomic E-state index is 0.0604. The highest BCUT2D eigenvalue weighted by atomic mass is 16.2. The first-order valence-corrected chi connectivity index (χ1v) is 6.73. The molecule has 2 heterocycles. The van der Waals surface area contributed by atoms with Crippen molar-refractivity contribution < 1.29 is 4.79 Å². The zero-order valence-corrected chi connectivity index (χ0v) is 11.1. The maximum absolute atomic E-state index is 12.3. The zero-order valence-electron chi connectivity index (χ0n) is 11.1. The van der Waals surface area contributed by atoms with Crippen molar-refractivity contribution in [3.05, 3.63) is 24.0 Å². The van der Waals surface area contributed by atoms with Gasteiger partial charge in [-0.3, -0.25) is 4.79 Å². The Balaban J connectivity index is 2.08. The lowest BCUT2D eigenvalue weighted by atomic mass is 10.0. The standard InChI is InChI=1S/C14H21N3O/c1-3-15-12-7-8-13(16-10-12)14(18)17-9-5-4-6-11(17)2/h7-8,10-11,15H,3-6,9H2,1-2H3. The minimum Gasteiger partial charge on any atom is -0.384 e. The van der Waals surface area contributed by atoms with Gasteiger partial charge >= 0.3 is 0 Å². The molecule has 1 aliphatic heterocycles. The molecule has 1 amide bonds. The van der Waals surface area contributed by atoms with Gasteiger partial charge in [-0.1, -0.05) is 0 Å². The summed E-state index contributed by atoms with van der Waals surface area (Å²) >= 11 is 0. The van der Waals surface area contributed by atoms with Crippen molar-refractivity contribution in [1.82, 2.24) is 9.88 Å². The quantitative estimate of drug-likeness (QED) is 0.892. The second kappa shape index (κ2) is 5.85. The Morgan fingerprint density at radius 1 is 1.50 bits per heavy atom. The third kappa shape index (κ3) is 2.81. The number of carbonyl (C=O) groups is 1. The first kappa shape index (κ1) is 12.9. The summed E-state index contributed by atoms with van der Waals surface area (Å²) in [5.41, 5.74) is 1.51. The number of pyridine rings is 1. The molecule has 18 heavy (non-hydrogen) atoms. The molecule has 0 radical (unpaired) electrons. The average molecular weight is 247 g/mol. The third-order valence-electron chi connectivity index (χ3n) is 3.43. The highest BCUT2D eigenvalue weighted by Gasteiger charge is 2.24. The first-order valence-electron chi connectivity index (χ1n) is 6.73. The second-order valence-electron chi connectivity index (χ2n) is 4.81. The number of aromatic nitrogens is 1. The lowest BCUT2D eigenvalue weighted by Gasteiger charge is -2.33. The van der Waals surface area contributed by atoms with E-state index in [1.807, 2.05) is 24.0 Å². The molecular weight excluding hydrogens is 226 g/mol. The molecule has 4 heteroatoms. The Kier molecular flexibility index (Phi) is 4.18. The SMILES string of the molecule is CCNc1ccc(C(=O)N2CCCCC2C)nc1. The van der Waals surface area contributed by atoms with E-state index in [1.54, 1.807) is 6.20 Å². The number of amides is 1. The fourth-order valence-electron chi connectivity index (χ4n) is 2.38. The van der Waals surface area contributed by atoms with Gasteiger partial charge in [0.1, 0.15) is 5.69 Å².